The van der Waals surface area contributed by atoms with Gasteiger partial charge in [-0.2, -0.15) is 0 Å². The largest absolute Gasteiger partial charge is 0.477 e. The van der Waals surface area contributed by atoms with Gasteiger partial charge < -0.3 is 15.7 Å². The fraction of sp³-hybridized carbons (Fsp3) is 0.304. The Bertz CT molecular complexity index is 1380. The highest BCUT2D eigenvalue weighted by Gasteiger charge is 2.54. The molecule has 4 heterocycles. The van der Waals surface area contributed by atoms with E-state index in [0.717, 1.165) is 22.7 Å². The molecule has 3 atom stereocenters. The number of imidazole rings is 1. The standard InChI is InChI=1S/C17H18FN3OS.C6H4N2O2S/c1-9-20-15(16(23-9)10-3-2-4-12(18)5-10)17(22)21-13(8-19)6-11-7-14(11)21;9-5(10)4-3-7-6-8(4)1-2-11-6/h2-5,11,13-14H,6-8,19H2,1H3;1-3H,(H,9,10)/t11-,13+,14+;/m1./s1. The summed E-state index contributed by atoms with van der Waals surface area (Å²) in [5.41, 5.74) is 7.18. The first-order chi connectivity index (χ1) is 16.4. The third kappa shape index (κ3) is 4.10. The molecule has 34 heavy (non-hydrogen) atoms. The number of amides is 1. The second-order valence-electron chi connectivity index (χ2n) is 8.33. The Balaban J connectivity index is 0.000000183. The summed E-state index contributed by atoms with van der Waals surface area (Å²) in [7, 11) is 0. The number of nitrogens with two attached hydrogens (primary N) is 1. The van der Waals surface area contributed by atoms with Crippen LogP contribution in [0.2, 0.25) is 0 Å². The molecule has 0 unspecified atom stereocenters. The number of aryl methyl sites for hydroxylation is 1. The molecule has 2 aliphatic rings. The number of likely N-dealkylation sites (tertiary alicyclic amines) is 1. The van der Waals surface area contributed by atoms with E-state index in [1.807, 2.05) is 17.9 Å². The van der Waals surface area contributed by atoms with Crippen LogP contribution in [0, 0.1) is 18.7 Å². The van der Waals surface area contributed by atoms with Crippen molar-refractivity contribution in [3.05, 3.63) is 64.3 Å². The first-order valence-electron chi connectivity index (χ1n) is 10.8. The van der Waals surface area contributed by atoms with E-state index >= 15 is 0 Å². The number of piperidine rings is 1. The molecule has 2 fully saturated rings. The minimum Gasteiger partial charge on any atom is -0.477 e. The molecular formula is C23H22FN5O3S2. The van der Waals surface area contributed by atoms with Crippen molar-refractivity contribution in [1.82, 2.24) is 19.3 Å². The van der Waals surface area contributed by atoms with E-state index < -0.39 is 5.97 Å². The number of aromatic carboxylic acids is 1. The summed E-state index contributed by atoms with van der Waals surface area (Å²) in [6.45, 7) is 2.35. The van der Waals surface area contributed by atoms with Gasteiger partial charge >= 0.3 is 5.97 Å². The number of aromatic nitrogens is 3. The van der Waals surface area contributed by atoms with E-state index in [0.29, 0.717) is 34.7 Å². The Morgan fingerprint density at radius 1 is 1.32 bits per heavy atom. The molecule has 1 saturated heterocycles. The summed E-state index contributed by atoms with van der Waals surface area (Å²) in [5, 5.41) is 11.2. The quantitative estimate of drug-likeness (QED) is 0.440. The molecule has 0 bridgehead atoms. The van der Waals surface area contributed by atoms with Gasteiger partial charge in [0.15, 0.2) is 10.7 Å². The molecule has 3 aromatic heterocycles. The second kappa shape index (κ2) is 8.90. The SMILES string of the molecule is Cc1nc(C(=O)N2[C@H](CN)C[C@@H]3C[C@@H]32)c(-c2cccc(F)c2)s1.O=C(O)c1cnc2sccn12. The molecule has 1 saturated carbocycles. The van der Waals surface area contributed by atoms with Gasteiger partial charge in [-0.1, -0.05) is 12.1 Å². The minimum atomic E-state index is -0.948. The molecule has 1 amide bonds. The van der Waals surface area contributed by atoms with Crippen LogP contribution in [-0.4, -0.2) is 54.9 Å². The third-order valence-electron chi connectivity index (χ3n) is 6.11. The number of fused-ring (bicyclic) bond motifs is 2. The van der Waals surface area contributed by atoms with Crippen LogP contribution in [0.1, 0.15) is 38.8 Å². The molecule has 4 aromatic rings. The van der Waals surface area contributed by atoms with Crippen LogP contribution in [-0.2, 0) is 0 Å². The van der Waals surface area contributed by atoms with E-state index in [2.05, 4.69) is 9.97 Å². The van der Waals surface area contributed by atoms with Crippen LogP contribution in [0.4, 0.5) is 4.39 Å². The zero-order valence-electron chi connectivity index (χ0n) is 18.2. The molecule has 1 aliphatic heterocycles. The van der Waals surface area contributed by atoms with Crippen LogP contribution in [0.15, 0.2) is 42.0 Å². The molecule has 8 nitrogen and oxygen atoms in total. The Morgan fingerprint density at radius 2 is 2.15 bits per heavy atom. The fourth-order valence-corrected chi connectivity index (χ4v) is 6.09. The zero-order valence-corrected chi connectivity index (χ0v) is 19.9. The number of rotatable bonds is 4. The van der Waals surface area contributed by atoms with Crippen molar-refractivity contribution < 1.29 is 19.1 Å². The van der Waals surface area contributed by atoms with E-state index in [-0.39, 0.29) is 23.5 Å². The number of hydrogen-bond acceptors (Lipinski definition) is 7. The number of benzene rings is 1. The molecule has 0 radical (unpaired) electrons. The predicted molar refractivity (Wildman–Crippen MR) is 128 cm³/mol. The Hall–Kier alpha value is -3.15. The van der Waals surface area contributed by atoms with Gasteiger partial charge in [-0.25, -0.2) is 19.2 Å². The average molecular weight is 500 g/mol. The number of halogens is 1. The lowest BCUT2D eigenvalue weighted by atomic mass is 10.1. The lowest BCUT2D eigenvalue weighted by Crippen LogP contribution is -2.42. The van der Waals surface area contributed by atoms with E-state index in [4.69, 9.17) is 10.8 Å². The van der Waals surface area contributed by atoms with Gasteiger partial charge in [0.1, 0.15) is 11.5 Å². The monoisotopic (exact) mass is 499 g/mol. The van der Waals surface area contributed by atoms with Crippen LogP contribution in [0.3, 0.4) is 0 Å². The number of nitrogens with zero attached hydrogens (tertiary/aromatic N) is 4. The van der Waals surface area contributed by atoms with Gasteiger partial charge in [0.05, 0.1) is 16.1 Å². The van der Waals surface area contributed by atoms with Crippen molar-refractivity contribution in [2.75, 3.05) is 6.54 Å². The zero-order chi connectivity index (χ0) is 24.0. The summed E-state index contributed by atoms with van der Waals surface area (Å²) in [5.74, 6) is -0.718. The van der Waals surface area contributed by atoms with Gasteiger partial charge in [-0.05, 0) is 43.4 Å². The lowest BCUT2D eigenvalue weighted by Gasteiger charge is -2.26. The summed E-state index contributed by atoms with van der Waals surface area (Å²) >= 11 is 2.84. The van der Waals surface area contributed by atoms with Crippen molar-refractivity contribution in [3.8, 4) is 10.4 Å². The molecular weight excluding hydrogens is 477 g/mol. The van der Waals surface area contributed by atoms with Crippen molar-refractivity contribution >= 4 is 39.5 Å². The minimum absolute atomic E-state index is 0.0611. The number of carbonyl (C=O) groups excluding carboxylic acids is 1. The molecule has 176 valence electrons. The van der Waals surface area contributed by atoms with E-state index in [1.54, 1.807) is 22.0 Å². The molecule has 1 aliphatic carbocycles. The summed E-state index contributed by atoms with van der Waals surface area (Å²) in [6, 6.07) is 6.75. The summed E-state index contributed by atoms with van der Waals surface area (Å²) in [4.78, 5) is 35.3. The second-order valence-corrected chi connectivity index (χ2v) is 10.4. The summed E-state index contributed by atoms with van der Waals surface area (Å²) < 4.78 is 15.1. The van der Waals surface area contributed by atoms with Crippen LogP contribution in [0.25, 0.3) is 15.4 Å². The number of hydrogen-bond donors (Lipinski definition) is 2. The average Bonchev–Trinajstić information content (AvgIpc) is 3.22. The number of carboxylic acid groups (broad SMARTS) is 1. The highest BCUT2D eigenvalue weighted by molar-refractivity contribution is 7.15. The fourth-order valence-electron chi connectivity index (χ4n) is 4.49. The topological polar surface area (TPSA) is 114 Å². The van der Waals surface area contributed by atoms with Crippen LogP contribution < -0.4 is 5.73 Å². The van der Waals surface area contributed by atoms with Gasteiger partial charge in [-0.3, -0.25) is 9.20 Å². The molecule has 6 rings (SSSR count). The number of carbonyl (C=O) groups is 2. The van der Waals surface area contributed by atoms with E-state index in [9.17, 15) is 14.0 Å². The molecule has 3 N–H and O–H groups in total. The highest BCUT2D eigenvalue weighted by atomic mass is 32.1. The van der Waals surface area contributed by atoms with Crippen molar-refractivity contribution in [1.29, 1.82) is 0 Å². The van der Waals surface area contributed by atoms with E-state index in [1.165, 1.54) is 41.0 Å². The van der Waals surface area contributed by atoms with Gasteiger partial charge in [0.25, 0.3) is 5.91 Å². The van der Waals surface area contributed by atoms with Crippen LogP contribution >= 0.6 is 22.7 Å². The predicted octanol–water partition coefficient (Wildman–Crippen LogP) is 3.91. The highest BCUT2D eigenvalue weighted by Crippen LogP contribution is 2.48. The Kier molecular flexibility index (Phi) is 5.92. The van der Waals surface area contributed by atoms with Gasteiger partial charge in [-0.15, -0.1) is 22.7 Å². The van der Waals surface area contributed by atoms with Gasteiger partial charge in [0, 0.05) is 30.2 Å². The normalized spacial score (nSPS) is 20.7. The van der Waals surface area contributed by atoms with Gasteiger partial charge in [0.2, 0.25) is 0 Å². The smallest absolute Gasteiger partial charge is 0.354 e. The maximum absolute atomic E-state index is 13.6. The van der Waals surface area contributed by atoms with Crippen LogP contribution in [0.5, 0.6) is 0 Å². The lowest BCUT2D eigenvalue weighted by molar-refractivity contribution is 0.0684. The molecule has 11 heteroatoms. The number of carboxylic acids is 1. The molecule has 0 spiro atoms. The maximum atomic E-state index is 13.6. The Labute approximate surface area is 202 Å². The molecule has 1 aromatic carbocycles. The van der Waals surface area contributed by atoms with Crippen molar-refractivity contribution in [2.45, 2.75) is 31.8 Å². The third-order valence-corrected chi connectivity index (χ3v) is 7.90. The maximum Gasteiger partial charge on any atom is 0.354 e. The van der Waals surface area contributed by atoms with Crippen molar-refractivity contribution in [2.24, 2.45) is 11.7 Å². The Morgan fingerprint density at radius 3 is 2.88 bits per heavy atom. The first kappa shape index (κ1) is 22.6. The summed E-state index contributed by atoms with van der Waals surface area (Å²) in [6.07, 6.45) is 5.11. The van der Waals surface area contributed by atoms with Crippen molar-refractivity contribution in [3.63, 3.8) is 0 Å². The first-order valence-corrected chi connectivity index (χ1v) is 12.5. The number of thiazole rings is 2.